The Morgan fingerprint density at radius 3 is 2.46 bits per heavy atom. The lowest BCUT2D eigenvalue weighted by molar-refractivity contribution is -0.120. The van der Waals surface area contributed by atoms with Gasteiger partial charge in [-0.15, -0.1) is 11.3 Å². The maximum Gasteiger partial charge on any atom is 0.264 e. The molecule has 1 amide bonds. The lowest BCUT2D eigenvalue weighted by atomic mass is 10.3. The highest BCUT2D eigenvalue weighted by Crippen LogP contribution is 2.31. The zero-order valence-electron chi connectivity index (χ0n) is 18.1. The van der Waals surface area contributed by atoms with Crippen molar-refractivity contribution in [1.82, 2.24) is 25.8 Å². The van der Waals surface area contributed by atoms with Crippen LogP contribution < -0.4 is 20.9 Å². The lowest BCUT2D eigenvalue weighted by Crippen LogP contribution is -2.46. The average molecular weight is 546 g/mol. The molecular formula is C21H19N7O3S4. The summed E-state index contributed by atoms with van der Waals surface area (Å²) in [5, 5.41) is 2.62. The van der Waals surface area contributed by atoms with Crippen LogP contribution in [0.25, 0.3) is 10.2 Å². The van der Waals surface area contributed by atoms with E-state index >= 15 is 0 Å². The monoisotopic (exact) mass is 545 g/mol. The molecule has 0 radical (unpaired) electrons. The smallest absolute Gasteiger partial charge is 0.264 e. The largest absolute Gasteiger partial charge is 0.331 e. The second-order valence-corrected chi connectivity index (χ2v) is 11.7. The zero-order valence-corrected chi connectivity index (χ0v) is 21.4. The van der Waals surface area contributed by atoms with Crippen LogP contribution in [0, 0.1) is 0 Å². The number of rotatable bonds is 7. The highest BCUT2D eigenvalue weighted by molar-refractivity contribution is 8.02. The summed E-state index contributed by atoms with van der Waals surface area (Å²) in [4.78, 5) is 24.7. The number of thioether (sulfide) groups is 1. The number of hydrogen-bond donors (Lipinski definition) is 4. The minimum absolute atomic E-state index is 0.0219. The average Bonchev–Trinajstić information content (AvgIpc) is 3.25. The Hall–Kier alpha value is -3.33. The Labute approximate surface area is 215 Å². The molecule has 4 N–H and O–H groups in total. The number of anilines is 2. The zero-order chi connectivity index (χ0) is 24.8. The second-order valence-electron chi connectivity index (χ2n) is 6.98. The van der Waals surface area contributed by atoms with E-state index in [0.29, 0.717) is 5.69 Å². The lowest BCUT2D eigenvalue weighted by Gasteiger charge is -2.14. The van der Waals surface area contributed by atoms with Crippen LogP contribution in [0.1, 0.15) is 6.92 Å². The summed E-state index contributed by atoms with van der Waals surface area (Å²) in [7, 11) is -3.84. The molecule has 0 bridgehead atoms. The molecule has 4 rings (SSSR count). The molecule has 180 valence electrons. The molecule has 2 aromatic heterocycles. The first-order chi connectivity index (χ1) is 16.8. The van der Waals surface area contributed by atoms with Crippen LogP contribution >= 0.6 is 35.3 Å². The number of nitrogens with one attached hydrogen (secondary N) is 4. The normalized spacial score (nSPS) is 12.0. The first kappa shape index (κ1) is 24.8. The second kappa shape index (κ2) is 10.9. The molecular weight excluding hydrogens is 527 g/mol. The number of carbonyl (C=O) groups excluding carboxylic acids is 1. The standard InChI is InChI=1S/C21H19N7O3S4/c1-13(33-21-25-16-5-2-3-6-17(16)34-21)18(29)26-27-20(32)24-14-7-9-15(10-8-14)35(30,31)28-19-22-11-4-12-23-19/h2-13H,1H3,(H,26,29)(H,22,23,28)(H2,24,27,32). The number of para-hydroxylation sites is 1. The Kier molecular flexibility index (Phi) is 7.75. The van der Waals surface area contributed by atoms with Gasteiger partial charge in [0.1, 0.15) is 0 Å². The van der Waals surface area contributed by atoms with Crippen LogP contribution in [0.3, 0.4) is 0 Å². The van der Waals surface area contributed by atoms with Gasteiger partial charge < -0.3 is 5.32 Å². The van der Waals surface area contributed by atoms with Gasteiger partial charge in [-0.05, 0) is 61.6 Å². The van der Waals surface area contributed by atoms with Gasteiger partial charge in [-0.3, -0.25) is 15.6 Å². The van der Waals surface area contributed by atoms with E-state index in [1.165, 1.54) is 47.6 Å². The minimum Gasteiger partial charge on any atom is -0.331 e. The van der Waals surface area contributed by atoms with Gasteiger partial charge >= 0.3 is 0 Å². The van der Waals surface area contributed by atoms with Crippen LogP contribution in [0.4, 0.5) is 11.6 Å². The van der Waals surface area contributed by atoms with Gasteiger partial charge in [-0.1, -0.05) is 23.9 Å². The number of hydrogen-bond acceptors (Lipinski definition) is 9. The molecule has 0 aliphatic heterocycles. The van der Waals surface area contributed by atoms with Crippen molar-refractivity contribution >= 4 is 78.2 Å². The van der Waals surface area contributed by atoms with Crippen molar-refractivity contribution in [3.8, 4) is 0 Å². The predicted octanol–water partition coefficient (Wildman–Crippen LogP) is 3.39. The maximum atomic E-state index is 12.5. The van der Waals surface area contributed by atoms with Gasteiger partial charge in [0.05, 0.1) is 20.4 Å². The van der Waals surface area contributed by atoms with E-state index in [4.69, 9.17) is 12.2 Å². The molecule has 0 aliphatic rings. The molecule has 0 aliphatic carbocycles. The molecule has 0 spiro atoms. The number of aromatic nitrogens is 3. The summed E-state index contributed by atoms with van der Waals surface area (Å²) in [5.74, 6) is -0.291. The van der Waals surface area contributed by atoms with Gasteiger partial charge in [0.15, 0.2) is 9.45 Å². The van der Waals surface area contributed by atoms with Crippen molar-refractivity contribution in [3.63, 3.8) is 0 Å². The van der Waals surface area contributed by atoms with E-state index in [-0.39, 0.29) is 21.9 Å². The van der Waals surface area contributed by atoms with E-state index in [0.717, 1.165) is 14.6 Å². The van der Waals surface area contributed by atoms with Crippen molar-refractivity contribution in [2.75, 3.05) is 10.0 Å². The fraction of sp³-hybridized carbons (Fsp3) is 0.0952. The Bertz CT molecular complexity index is 1410. The molecule has 0 saturated heterocycles. The Balaban J connectivity index is 1.26. The Morgan fingerprint density at radius 2 is 1.74 bits per heavy atom. The first-order valence-electron chi connectivity index (χ1n) is 10.1. The number of sulfonamides is 1. The van der Waals surface area contributed by atoms with E-state index < -0.39 is 15.3 Å². The number of amides is 1. The molecule has 4 aromatic rings. The van der Waals surface area contributed by atoms with Gasteiger partial charge in [-0.2, -0.15) is 0 Å². The number of thiocarbonyl (C=S) groups is 1. The number of carbonyl (C=O) groups is 1. The quantitative estimate of drug-likeness (QED) is 0.155. The summed E-state index contributed by atoms with van der Waals surface area (Å²) in [5.41, 5.74) is 6.64. The van der Waals surface area contributed by atoms with Crippen LogP contribution in [0.2, 0.25) is 0 Å². The highest BCUT2D eigenvalue weighted by atomic mass is 32.2. The molecule has 2 aromatic carbocycles. The minimum atomic E-state index is -3.84. The third-order valence-corrected chi connectivity index (χ3v) is 8.21. The SMILES string of the molecule is CC(Sc1nc2ccccc2s1)C(=O)NNC(=S)Nc1ccc(S(=O)(=O)Nc2ncccn2)cc1. The summed E-state index contributed by atoms with van der Waals surface area (Å²) < 4.78 is 29.1. The van der Waals surface area contributed by atoms with Crippen molar-refractivity contribution in [3.05, 3.63) is 67.0 Å². The molecule has 14 heteroatoms. The number of fused-ring (bicyclic) bond motifs is 1. The number of thiazole rings is 1. The molecule has 0 saturated carbocycles. The van der Waals surface area contributed by atoms with Gasteiger partial charge in [0.25, 0.3) is 15.9 Å². The van der Waals surface area contributed by atoms with Crippen molar-refractivity contribution in [2.45, 2.75) is 21.4 Å². The van der Waals surface area contributed by atoms with Gasteiger partial charge in [0.2, 0.25) is 5.95 Å². The topological polar surface area (TPSA) is 138 Å². The fourth-order valence-corrected chi connectivity index (χ4v) is 6.08. The van der Waals surface area contributed by atoms with Crippen molar-refractivity contribution in [1.29, 1.82) is 0 Å². The Morgan fingerprint density at radius 1 is 1.03 bits per heavy atom. The molecule has 0 fully saturated rings. The van der Waals surface area contributed by atoms with Crippen LogP contribution in [-0.4, -0.2) is 39.6 Å². The molecule has 10 nitrogen and oxygen atoms in total. The maximum absolute atomic E-state index is 12.5. The number of nitrogens with zero attached hydrogens (tertiary/aromatic N) is 3. The fourth-order valence-electron chi connectivity index (χ4n) is 2.74. The number of hydrazine groups is 1. The summed E-state index contributed by atoms with van der Waals surface area (Å²) in [6.45, 7) is 1.78. The van der Waals surface area contributed by atoms with Crippen molar-refractivity contribution in [2.24, 2.45) is 0 Å². The van der Waals surface area contributed by atoms with Gasteiger partial charge in [0, 0.05) is 18.1 Å². The predicted molar refractivity (Wildman–Crippen MR) is 142 cm³/mol. The summed E-state index contributed by atoms with van der Waals surface area (Å²) in [6.07, 6.45) is 2.87. The summed E-state index contributed by atoms with van der Waals surface area (Å²) in [6, 6.07) is 15.3. The third-order valence-electron chi connectivity index (χ3n) is 4.43. The molecule has 1 unspecified atom stereocenters. The van der Waals surface area contributed by atoms with Crippen molar-refractivity contribution < 1.29 is 13.2 Å². The van der Waals surface area contributed by atoms with Crippen LogP contribution in [0.15, 0.2) is 76.2 Å². The van der Waals surface area contributed by atoms with E-state index in [2.05, 4.69) is 35.8 Å². The molecule has 35 heavy (non-hydrogen) atoms. The van der Waals surface area contributed by atoms with Crippen LogP contribution in [-0.2, 0) is 14.8 Å². The van der Waals surface area contributed by atoms with E-state index in [1.54, 1.807) is 25.1 Å². The third kappa shape index (κ3) is 6.63. The highest BCUT2D eigenvalue weighted by Gasteiger charge is 2.18. The van der Waals surface area contributed by atoms with Gasteiger partial charge in [-0.25, -0.2) is 28.1 Å². The van der Waals surface area contributed by atoms with E-state index in [1.807, 2.05) is 24.3 Å². The number of benzene rings is 2. The molecule has 1 atom stereocenters. The van der Waals surface area contributed by atoms with Crippen LogP contribution in [0.5, 0.6) is 0 Å². The van der Waals surface area contributed by atoms with E-state index in [9.17, 15) is 13.2 Å². The summed E-state index contributed by atoms with van der Waals surface area (Å²) >= 11 is 8.09. The first-order valence-corrected chi connectivity index (χ1v) is 13.7. The molecule has 2 heterocycles.